The van der Waals surface area contributed by atoms with Gasteiger partial charge in [0.15, 0.2) is 0 Å². The summed E-state index contributed by atoms with van der Waals surface area (Å²) < 4.78 is 0. The van der Waals surface area contributed by atoms with Gasteiger partial charge >= 0.3 is 5.97 Å². The van der Waals surface area contributed by atoms with Crippen LogP contribution in [0.15, 0.2) is 23.1 Å². The van der Waals surface area contributed by atoms with E-state index in [1.54, 1.807) is 0 Å². The lowest BCUT2D eigenvalue weighted by Gasteiger charge is -2.39. The second-order valence-corrected chi connectivity index (χ2v) is 7.15. The van der Waals surface area contributed by atoms with E-state index in [1.807, 2.05) is 16.7 Å². The van der Waals surface area contributed by atoms with Crippen molar-refractivity contribution in [1.82, 2.24) is 0 Å². The van der Waals surface area contributed by atoms with Crippen molar-refractivity contribution in [3.05, 3.63) is 23.8 Å². The van der Waals surface area contributed by atoms with E-state index in [4.69, 9.17) is 5.11 Å². The van der Waals surface area contributed by atoms with Gasteiger partial charge in [0.25, 0.3) is 0 Å². The highest BCUT2D eigenvalue weighted by Gasteiger charge is 2.30. The number of aliphatic carboxylic acids is 1. The number of anilines is 1. The SMILES string of the molecule is CC1CSc2cccc(C(C)(C)C)c2N1CC(=O)O. The lowest BCUT2D eigenvalue weighted by atomic mass is 9.85. The van der Waals surface area contributed by atoms with E-state index in [1.165, 1.54) is 10.5 Å². The summed E-state index contributed by atoms with van der Waals surface area (Å²) >= 11 is 1.82. The molecule has 0 aromatic heterocycles. The molecule has 0 spiro atoms. The van der Waals surface area contributed by atoms with E-state index >= 15 is 0 Å². The molecule has 0 radical (unpaired) electrons. The quantitative estimate of drug-likeness (QED) is 0.901. The van der Waals surface area contributed by atoms with Gasteiger partial charge < -0.3 is 10.0 Å². The molecule has 0 saturated heterocycles. The summed E-state index contributed by atoms with van der Waals surface area (Å²) in [6, 6.07) is 6.53. The van der Waals surface area contributed by atoms with Crippen LogP contribution in [0.2, 0.25) is 0 Å². The van der Waals surface area contributed by atoms with Crippen LogP contribution in [0.25, 0.3) is 0 Å². The molecule has 2 rings (SSSR count). The zero-order chi connectivity index (χ0) is 14.2. The monoisotopic (exact) mass is 279 g/mol. The van der Waals surface area contributed by atoms with Gasteiger partial charge in [0, 0.05) is 16.7 Å². The van der Waals surface area contributed by atoms with E-state index in [9.17, 15) is 4.79 Å². The Hall–Kier alpha value is -1.16. The third kappa shape index (κ3) is 2.89. The maximum absolute atomic E-state index is 11.1. The average Bonchev–Trinajstić information content (AvgIpc) is 2.30. The highest BCUT2D eigenvalue weighted by Crippen LogP contribution is 2.43. The van der Waals surface area contributed by atoms with Gasteiger partial charge in [0.2, 0.25) is 0 Å². The topological polar surface area (TPSA) is 40.5 Å². The fourth-order valence-electron chi connectivity index (χ4n) is 2.44. The Morgan fingerprint density at radius 3 is 2.74 bits per heavy atom. The Balaban J connectivity index is 2.55. The first kappa shape index (κ1) is 14.3. The molecule has 104 valence electrons. The molecule has 1 aromatic rings. The Labute approximate surface area is 119 Å². The van der Waals surface area contributed by atoms with E-state index < -0.39 is 5.97 Å². The lowest BCUT2D eigenvalue weighted by Crippen LogP contribution is -2.42. The molecular weight excluding hydrogens is 258 g/mol. The van der Waals surface area contributed by atoms with Crippen molar-refractivity contribution in [2.24, 2.45) is 0 Å². The number of hydrogen-bond acceptors (Lipinski definition) is 3. The standard InChI is InChI=1S/C15H21NO2S/c1-10-9-19-12-7-5-6-11(15(2,3)4)14(12)16(10)8-13(17)18/h5-7,10H,8-9H2,1-4H3,(H,17,18). The number of rotatable bonds is 2. The van der Waals surface area contributed by atoms with Crippen molar-refractivity contribution in [3.8, 4) is 0 Å². The molecule has 0 aliphatic carbocycles. The summed E-state index contributed by atoms with van der Waals surface area (Å²) in [6.45, 7) is 8.68. The number of carboxylic acid groups (broad SMARTS) is 1. The van der Waals surface area contributed by atoms with Crippen LogP contribution < -0.4 is 4.90 Å². The third-order valence-corrected chi connectivity index (χ3v) is 4.70. The van der Waals surface area contributed by atoms with E-state index in [0.29, 0.717) is 0 Å². The average molecular weight is 279 g/mol. The highest BCUT2D eigenvalue weighted by atomic mass is 32.2. The van der Waals surface area contributed by atoms with Crippen LogP contribution in [0, 0.1) is 0 Å². The number of para-hydroxylation sites is 1. The molecule has 0 saturated carbocycles. The number of hydrogen-bond donors (Lipinski definition) is 1. The fourth-order valence-corrected chi connectivity index (χ4v) is 3.58. The van der Waals surface area contributed by atoms with E-state index in [2.05, 4.69) is 45.9 Å². The molecule has 1 heterocycles. The van der Waals surface area contributed by atoms with Gasteiger partial charge in [-0.25, -0.2) is 0 Å². The van der Waals surface area contributed by atoms with Crippen LogP contribution >= 0.6 is 11.8 Å². The predicted molar refractivity (Wildman–Crippen MR) is 80.3 cm³/mol. The van der Waals surface area contributed by atoms with Gasteiger partial charge in [-0.15, -0.1) is 11.8 Å². The van der Waals surface area contributed by atoms with Gasteiger partial charge in [0.05, 0.1) is 5.69 Å². The molecule has 0 amide bonds. The van der Waals surface area contributed by atoms with Crippen LogP contribution in [0.4, 0.5) is 5.69 Å². The molecule has 0 bridgehead atoms. The maximum Gasteiger partial charge on any atom is 0.323 e. The largest absolute Gasteiger partial charge is 0.480 e. The first-order chi connectivity index (χ1) is 8.80. The van der Waals surface area contributed by atoms with Crippen molar-refractivity contribution < 1.29 is 9.90 Å². The Kier molecular flexibility index (Phi) is 3.81. The molecule has 0 fully saturated rings. The fraction of sp³-hybridized carbons (Fsp3) is 0.533. The van der Waals surface area contributed by atoms with Crippen LogP contribution in [0.1, 0.15) is 33.3 Å². The molecule has 1 atom stereocenters. The van der Waals surface area contributed by atoms with Gasteiger partial charge in [-0.05, 0) is 24.0 Å². The van der Waals surface area contributed by atoms with Crippen molar-refractivity contribution >= 4 is 23.4 Å². The smallest absolute Gasteiger partial charge is 0.323 e. The number of carboxylic acids is 1. The van der Waals surface area contributed by atoms with E-state index in [-0.39, 0.29) is 18.0 Å². The molecule has 1 aromatic carbocycles. The minimum Gasteiger partial charge on any atom is -0.480 e. The first-order valence-electron chi connectivity index (χ1n) is 6.55. The summed E-state index contributed by atoms with van der Waals surface area (Å²) in [5.74, 6) is 0.168. The lowest BCUT2D eigenvalue weighted by molar-refractivity contribution is -0.135. The number of thioether (sulfide) groups is 1. The summed E-state index contributed by atoms with van der Waals surface area (Å²) in [6.07, 6.45) is 0. The van der Waals surface area contributed by atoms with E-state index in [0.717, 1.165) is 11.4 Å². The predicted octanol–water partition coefficient (Wildman–Crippen LogP) is 3.37. The summed E-state index contributed by atoms with van der Waals surface area (Å²) in [7, 11) is 0. The number of fused-ring (bicyclic) bond motifs is 1. The molecule has 1 unspecified atom stereocenters. The molecule has 19 heavy (non-hydrogen) atoms. The van der Waals surface area contributed by atoms with Crippen LogP contribution in [0.3, 0.4) is 0 Å². The molecule has 3 nitrogen and oxygen atoms in total. The van der Waals surface area contributed by atoms with Gasteiger partial charge in [-0.2, -0.15) is 0 Å². The minimum absolute atomic E-state index is 0.0136. The molecule has 1 N–H and O–H groups in total. The Bertz CT molecular complexity index is 493. The van der Waals surface area contributed by atoms with Crippen LogP contribution in [-0.2, 0) is 10.2 Å². The number of carbonyl (C=O) groups is 1. The first-order valence-corrected chi connectivity index (χ1v) is 7.54. The van der Waals surface area contributed by atoms with Crippen molar-refractivity contribution in [3.63, 3.8) is 0 Å². The minimum atomic E-state index is -0.770. The molecule has 4 heteroatoms. The second kappa shape index (κ2) is 5.08. The normalized spacial score (nSPS) is 19.2. The molecular formula is C15H21NO2S. The van der Waals surface area contributed by atoms with Crippen LogP contribution in [0.5, 0.6) is 0 Å². The van der Waals surface area contributed by atoms with Crippen LogP contribution in [-0.4, -0.2) is 29.4 Å². The van der Waals surface area contributed by atoms with Crippen molar-refractivity contribution in [2.45, 2.75) is 44.0 Å². The Morgan fingerprint density at radius 2 is 2.16 bits per heavy atom. The van der Waals surface area contributed by atoms with Gasteiger partial charge in [-0.3, -0.25) is 4.79 Å². The highest BCUT2D eigenvalue weighted by molar-refractivity contribution is 7.99. The van der Waals surface area contributed by atoms with Crippen molar-refractivity contribution in [1.29, 1.82) is 0 Å². The Morgan fingerprint density at radius 1 is 1.47 bits per heavy atom. The molecule has 1 aliphatic heterocycles. The summed E-state index contributed by atoms with van der Waals surface area (Å²) in [5.41, 5.74) is 2.35. The van der Waals surface area contributed by atoms with Gasteiger partial charge in [-0.1, -0.05) is 32.9 Å². The summed E-state index contributed by atoms with van der Waals surface area (Å²) in [4.78, 5) is 14.4. The number of benzene rings is 1. The third-order valence-electron chi connectivity index (χ3n) is 3.41. The number of nitrogens with zero attached hydrogens (tertiary/aromatic N) is 1. The van der Waals surface area contributed by atoms with Crippen molar-refractivity contribution in [2.75, 3.05) is 17.2 Å². The molecule has 1 aliphatic rings. The second-order valence-electron chi connectivity index (χ2n) is 6.08. The summed E-state index contributed by atoms with van der Waals surface area (Å²) in [5, 5.41) is 9.15. The zero-order valence-electron chi connectivity index (χ0n) is 11.9. The van der Waals surface area contributed by atoms with Gasteiger partial charge in [0.1, 0.15) is 6.54 Å². The zero-order valence-corrected chi connectivity index (χ0v) is 12.8. The maximum atomic E-state index is 11.1.